The van der Waals surface area contributed by atoms with Crippen molar-refractivity contribution in [3.8, 4) is 5.75 Å². The number of nitrogens with one attached hydrogen (secondary N) is 1. The second-order valence-electron chi connectivity index (χ2n) is 12.0. The number of carbonyl (C=O) groups is 1. The molecule has 0 aromatic heterocycles. The summed E-state index contributed by atoms with van der Waals surface area (Å²) < 4.78 is 51.5. The van der Waals surface area contributed by atoms with Crippen molar-refractivity contribution >= 4 is 11.6 Å². The number of rotatable bonds is 30. The Bertz CT molecular complexity index is 1410. The van der Waals surface area contributed by atoms with E-state index in [1.54, 1.807) is 24.3 Å². The summed E-state index contributed by atoms with van der Waals surface area (Å²) in [6.07, 6.45) is 0. The fourth-order valence-electron chi connectivity index (χ4n) is 5.50. The number of hydrogen-bond acceptors (Lipinski definition) is 10. The Hall–Kier alpha value is -4.17. The van der Waals surface area contributed by atoms with Crippen molar-refractivity contribution in [2.24, 2.45) is 0 Å². The minimum atomic E-state index is -0.755. The molecule has 11 heteroatoms. The molecule has 0 unspecified atom stereocenters. The highest BCUT2D eigenvalue weighted by molar-refractivity contribution is 5.88. The van der Waals surface area contributed by atoms with Crippen molar-refractivity contribution in [2.45, 2.75) is 12.5 Å². The summed E-state index contributed by atoms with van der Waals surface area (Å²) in [6.45, 7) is 9.00. The maximum Gasteiger partial charge on any atom is 0.221 e. The summed E-state index contributed by atoms with van der Waals surface area (Å²) >= 11 is 0. The maximum atomic E-state index is 11.1. The zero-order chi connectivity index (χ0) is 37.8. The molecule has 4 aromatic rings. The highest BCUT2D eigenvalue weighted by Gasteiger charge is 2.37. The van der Waals surface area contributed by atoms with Gasteiger partial charge in [-0.3, -0.25) is 4.79 Å². The molecule has 1 N–H and O–H groups in total. The molecular weight excluding hydrogens is 690 g/mol. The van der Waals surface area contributed by atoms with Crippen LogP contribution in [0.1, 0.15) is 23.6 Å². The molecule has 0 fully saturated rings. The molecule has 0 bridgehead atoms. The zero-order valence-corrected chi connectivity index (χ0v) is 31.4. The lowest BCUT2D eigenvalue weighted by Gasteiger charge is -2.36. The average molecular weight is 746 g/mol. The van der Waals surface area contributed by atoms with Crippen molar-refractivity contribution in [1.29, 1.82) is 0 Å². The number of carbonyl (C=O) groups excluding carboxylic acids is 1. The van der Waals surface area contributed by atoms with Crippen LogP contribution in [0.15, 0.2) is 115 Å². The Balaban J connectivity index is 0.915. The van der Waals surface area contributed by atoms with Crippen LogP contribution in [0.3, 0.4) is 0 Å². The Kier molecular flexibility index (Phi) is 21.0. The van der Waals surface area contributed by atoms with Crippen molar-refractivity contribution < 1.29 is 47.4 Å². The summed E-state index contributed by atoms with van der Waals surface area (Å²) in [7, 11) is 0. The molecule has 1 amide bonds. The number of amides is 1. The fraction of sp³-hybridized carbons (Fsp3) is 0.419. The van der Waals surface area contributed by atoms with E-state index in [-0.39, 0.29) is 5.91 Å². The van der Waals surface area contributed by atoms with Gasteiger partial charge in [0.2, 0.25) is 5.91 Å². The van der Waals surface area contributed by atoms with Crippen molar-refractivity contribution in [1.82, 2.24) is 0 Å². The minimum Gasteiger partial charge on any atom is -0.491 e. The highest BCUT2D eigenvalue weighted by atomic mass is 16.6. The number of ether oxygens (including phenoxy) is 9. The first kappa shape index (κ1) is 42.6. The lowest BCUT2D eigenvalue weighted by Crippen LogP contribution is -2.34. The van der Waals surface area contributed by atoms with E-state index in [1.807, 2.05) is 54.6 Å². The van der Waals surface area contributed by atoms with Crippen molar-refractivity contribution in [3.05, 3.63) is 132 Å². The van der Waals surface area contributed by atoms with Crippen LogP contribution in [0.5, 0.6) is 5.75 Å². The number of benzene rings is 4. The molecule has 0 spiro atoms. The van der Waals surface area contributed by atoms with Gasteiger partial charge in [-0.05, 0) is 41.0 Å². The lowest BCUT2D eigenvalue weighted by atomic mass is 9.80. The zero-order valence-electron chi connectivity index (χ0n) is 31.4. The quantitative estimate of drug-likeness (QED) is 0.0493. The van der Waals surface area contributed by atoms with Crippen LogP contribution in [-0.2, 0) is 48.3 Å². The van der Waals surface area contributed by atoms with Gasteiger partial charge in [0.1, 0.15) is 18.0 Å². The highest BCUT2D eigenvalue weighted by Crippen LogP contribution is 2.40. The van der Waals surface area contributed by atoms with Gasteiger partial charge in [0.25, 0.3) is 0 Å². The van der Waals surface area contributed by atoms with Crippen LogP contribution in [0.4, 0.5) is 5.69 Å². The Morgan fingerprint density at radius 3 is 1.07 bits per heavy atom. The summed E-state index contributed by atoms with van der Waals surface area (Å²) in [5, 5.41) is 2.72. The van der Waals surface area contributed by atoms with Crippen LogP contribution in [-0.4, -0.2) is 112 Å². The molecule has 0 aliphatic carbocycles. The largest absolute Gasteiger partial charge is 0.491 e. The summed E-state index contributed by atoms with van der Waals surface area (Å²) in [5.41, 5.74) is 3.17. The molecule has 0 aliphatic heterocycles. The van der Waals surface area contributed by atoms with E-state index >= 15 is 0 Å². The topological polar surface area (TPSA) is 112 Å². The van der Waals surface area contributed by atoms with Gasteiger partial charge in [0.15, 0.2) is 0 Å². The molecule has 54 heavy (non-hydrogen) atoms. The van der Waals surface area contributed by atoms with Gasteiger partial charge in [-0.2, -0.15) is 0 Å². The van der Waals surface area contributed by atoms with E-state index in [2.05, 4.69) is 41.7 Å². The third-order valence-electron chi connectivity index (χ3n) is 7.99. The molecule has 4 rings (SSSR count). The predicted molar refractivity (Wildman–Crippen MR) is 207 cm³/mol. The molecule has 0 saturated carbocycles. The molecule has 0 atom stereocenters. The van der Waals surface area contributed by atoms with Crippen molar-refractivity contribution in [3.63, 3.8) is 0 Å². The van der Waals surface area contributed by atoms with E-state index in [0.717, 1.165) is 22.4 Å². The van der Waals surface area contributed by atoms with Gasteiger partial charge >= 0.3 is 0 Å². The summed E-state index contributed by atoms with van der Waals surface area (Å²) in [5.74, 6) is 0.608. The summed E-state index contributed by atoms with van der Waals surface area (Å²) in [4.78, 5) is 11.1. The van der Waals surface area contributed by atoms with Gasteiger partial charge in [0.05, 0.1) is 99.1 Å². The normalized spacial score (nSPS) is 11.4. The minimum absolute atomic E-state index is 0.108. The maximum absolute atomic E-state index is 11.1. The van der Waals surface area contributed by atoms with Gasteiger partial charge in [-0.25, -0.2) is 0 Å². The van der Waals surface area contributed by atoms with Crippen LogP contribution >= 0.6 is 0 Å². The first-order valence-corrected chi connectivity index (χ1v) is 18.5. The third-order valence-corrected chi connectivity index (χ3v) is 7.99. The second-order valence-corrected chi connectivity index (χ2v) is 12.0. The third kappa shape index (κ3) is 16.1. The van der Waals surface area contributed by atoms with Crippen LogP contribution < -0.4 is 10.1 Å². The molecule has 0 heterocycles. The number of anilines is 1. The molecule has 4 aromatic carbocycles. The number of hydrogen-bond donors (Lipinski definition) is 1. The Labute approximate surface area is 319 Å². The van der Waals surface area contributed by atoms with Crippen LogP contribution in [0.25, 0.3) is 0 Å². The first-order valence-electron chi connectivity index (χ1n) is 18.5. The lowest BCUT2D eigenvalue weighted by molar-refractivity contribution is -0.114. The first-order chi connectivity index (χ1) is 26.7. The van der Waals surface area contributed by atoms with E-state index in [4.69, 9.17) is 42.6 Å². The summed E-state index contributed by atoms with van der Waals surface area (Å²) in [6, 6.07) is 38.1. The van der Waals surface area contributed by atoms with E-state index in [0.29, 0.717) is 111 Å². The smallest absolute Gasteiger partial charge is 0.221 e. The van der Waals surface area contributed by atoms with E-state index in [9.17, 15) is 4.79 Å². The van der Waals surface area contributed by atoms with E-state index < -0.39 is 5.60 Å². The standard InChI is InChI=1S/C43H55NO10/c1-37(45)44-41-17-19-42(20-18-41)53-35-33-51-31-29-49-27-25-47-23-21-46-22-24-48-26-28-50-30-32-52-34-36-54-43(38-11-5-2-6-12-38,39-13-7-3-8-14-39)40-15-9-4-10-16-40/h2-20H,21-36H2,1H3,(H,44,45). The predicted octanol–water partition coefficient (Wildman–Crippen LogP) is 6.15. The molecule has 0 aliphatic rings. The van der Waals surface area contributed by atoms with Crippen LogP contribution in [0.2, 0.25) is 0 Å². The van der Waals surface area contributed by atoms with Crippen LogP contribution in [0, 0.1) is 0 Å². The molecule has 0 radical (unpaired) electrons. The monoisotopic (exact) mass is 745 g/mol. The Morgan fingerprint density at radius 2 is 0.741 bits per heavy atom. The van der Waals surface area contributed by atoms with Gasteiger partial charge in [0, 0.05) is 12.6 Å². The molecular formula is C43H55NO10. The van der Waals surface area contributed by atoms with Gasteiger partial charge in [-0.15, -0.1) is 0 Å². The second kappa shape index (κ2) is 26.6. The Morgan fingerprint density at radius 1 is 0.426 bits per heavy atom. The SMILES string of the molecule is CC(=O)Nc1ccc(OCCOCCOCCOCCOCCOCCOCCOCCOC(c2ccccc2)(c2ccccc2)c2ccccc2)cc1. The molecule has 292 valence electrons. The van der Waals surface area contributed by atoms with Gasteiger partial charge in [-0.1, -0.05) is 91.0 Å². The van der Waals surface area contributed by atoms with Gasteiger partial charge < -0.3 is 47.9 Å². The molecule has 11 nitrogen and oxygen atoms in total. The van der Waals surface area contributed by atoms with Crippen molar-refractivity contribution in [2.75, 3.05) is 111 Å². The van der Waals surface area contributed by atoms with E-state index in [1.165, 1.54) is 6.92 Å². The average Bonchev–Trinajstić information content (AvgIpc) is 3.21. The fourth-order valence-corrected chi connectivity index (χ4v) is 5.50. The molecule has 0 saturated heterocycles.